The van der Waals surface area contributed by atoms with Crippen molar-refractivity contribution < 1.29 is 29.9 Å². The third-order valence-corrected chi connectivity index (χ3v) is 11.3. The van der Waals surface area contributed by atoms with E-state index in [0.717, 1.165) is 44.5 Å². The maximum absolute atomic E-state index is 11.9. The molecule has 1 aliphatic heterocycles. The van der Waals surface area contributed by atoms with Gasteiger partial charge in [-0.2, -0.15) is 0 Å². The Hall–Kier alpha value is -7.12. The molecule has 1 heterocycles. The van der Waals surface area contributed by atoms with Crippen molar-refractivity contribution in [3.05, 3.63) is 214 Å². The van der Waals surface area contributed by atoms with Gasteiger partial charge in [-0.25, -0.2) is 0 Å². The number of ether oxygens (including phenoxy) is 2. The van der Waals surface area contributed by atoms with Gasteiger partial charge in [0.05, 0.1) is 26.4 Å². The number of phenols is 4. The largest absolute Gasteiger partial charge is 0.507 e. The monoisotopic (exact) mass is 788 g/mol. The lowest BCUT2D eigenvalue weighted by Gasteiger charge is -2.19. The third-order valence-electron chi connectivity index (χ3n) is 11.3. The summed E-state index contributed by atoms with van der Waals surface area (Å²) < 4.78 is 12.8. The zero-order valence-corrected chi connectivity index (χ0v) is 33.0. The maximum Gasteiger partial charge on any atom is 0.124 e. The van der Waals surface area contributed by atoms with Gasteiger partial charge in [0, 0.05) is 35.1 Å². The van der Waals surface area contributed by atoms with Crippen molar-refractivity contribution in [2.45, 2.75) is 39.3 Å². The van der Waals surface area contributed by atoms with Gasteiger partial charge in [-0.15, -0.1) is 0 Å². The molecule has 0 radical (unpaired) electrons. The molecular weight excluding hydrogens is 745 g/mol. The molecule has 9 rings (SSSR count). The fraction of sp³-hybridized carbons (Fsp3) is 0.111. The van der Waals surface area contributed by atoms with E-state index in [0.29, 0.717) is 44.5 Å². The first-order valence-corrected chi connectivity index (χ1v) is 20.1. The van der Waals surface area contributed by atoms with Gasteiger partial charge in [0.15, 0.2) is 0 Å². The second-order valence-electron chi connectivity index (χ2n) is 15.4. The number of aromatic hydroxyl groups is 4. The fourth-order valence-electron chi connectivity index (χ4n) is 8.16. The summed E-state index contributed by atoms with van der Waals surface area (Å²) in [6.45, 7) is 0.231. The highest BCUT2D eigenvalue weighted by Gasteiger charge is 2.21. The van der Waals surface area contributed by atoms with Crippen LogP contribution >= 0.6 is 0 Å². The van der Waals surface area contributed by atoms with Crippen molar-refractivity contribution in [3.63, 3.8) is 0 Å². The molecule has 0 atom stereocenters. The summed E-state index contributed by atoms with van der Waals surface area (Å²) in [5, 5.41) is 47.7. The molecule has 60 heavy (non-hydrogen) atoms. The normalized spacial score (nSPS) is 13.1. The molecule has 0 aliphatic carbocycles. The van der Waals surface area contributed by atoms with Crippen molar-refractivity contribution in [1.82, 2.24) is 0 Å². The first-order chi connectivity index (χ1) is 29.4. The van der Waals surface area contributed by atoms with E-state index < -0.39 is 0 Å². The molecule has 8 bridgehead atoms. The molecule has 0 fully saturated rings. The number of hydrogen-bond acceptors (Lipinski definition) is 6. The summed E-state index contributed by atoms with van der Waals surface area (Å²) in [6, 6.07) is 55.5. The topological polar surface area (TPSA) is 99.4 Å². The molecule has 0 amide bonds. The molecule has 8 aromatic rings. The van der Waals surface area contributed by atoms with Crippen molar-refractivity contribution in [1.29, 1.82) is 0 Å². The minimum Gasteiger partial charge on any atom is -0.507 e. The second kappa shape index (κ2) is 17.0. The zero-order chi connectivity index (χ0) is 41.0. The Bertz CT molecular complexity index is 2400. The number of hydrogen-bond donors (Lipinski definition) is 4. The molecule has 0 unspecified atom stereocenters. The van der Waals surface area contributed by atoms with Crippen LogP contribution in [0.3, 0.4) is 0 Å². The molecule has 0 aromatic heterocycles. The number of benzene rings is 8. The first-order valence-electron chi connectivity index (χ1n) is 20.1. The van der Waals surface area contributed by atoms with E-state index in [4.69, 9.17) is 9.47 Å². The van der Waals surface area contributed by atoms with Crippen molar-refractivity contribution in [3.8, 4) is 67.5 Å². The highest BCUT2D eigenvalue weighted by Crippen LogP contribution is 2.40. The van der Waals surface area contributed by atoms with Crippen LogP contribution in [0.4, 0.5) is 0 Å². The Labute approximate surface area is 349 Å². The average Bonchev–Trinajstić information content (AvgIpc) is 3.29. The summed E-state index contributed by atoms with van der Waals surface area (Å²) in [6.07, 6.45) is 0.455. The lowest BCUT2D eigenvalue weighted by atomic mass is 9.91. The number of rotatable bonds is 4. The molecular formula is C54H44O6. The number of phenolic OH excluding ortho intramolecular Hbond substituents is 4. The Morgan fingerprint density at radius 3 is 0.667 bits per heavy atom. The fourth-order valence-corrected chi connectivity index (χ4v) is 8.16. The molecule has 6 heteroatoms. The van der Waals surface area contributed by atoms with Crippen LogP contribution in [0.2, 0.25) is 0 Å². The van der Waals surface area contributed by atoms with E-state index in [-0.39, 0.29) is 62.3 Å². The third kappa shape index (κ3) is 8.12. The summed E-state index contributed by atoms with van der Waals surface area (Å²) >= 11 is 0. The second-order valence-corrected chi connectivity index (χ2v) is 15.4. The molecule has 1 aliphatic rings. The SMILES string of the molecule is Oc1c2cc(-c3ccccc3)cc1Cc1cc(-c3ccccc3)cc(c1O)COCc1cc(-c3ccccc3)cc(c1O)Cc1cc(-c3ccccc3)cc(c1O)COC2. The van der Waals surface area contributed by atoms with Gasteiger partial charge in [0.1, 0.15) is 23.0 Å². The van der Waals surface area contributed by atoms with Crippen LogP contribution in [0.15, 0.2) is 170 Å². The molecule has 296 valence electrons. The molecule has 8 aromatic carbocycles. The van der Waals surface area contributed by atoms with Crippen LogP contribution in [-0.4, -0.2) is 20.4 Å². The Balaban J connectivity index is 1.20. The minimum atomic E-state index is 0.0578. The van der Waals surface area contributed by atoms with Crippen LogP contribution in [0.1, 0.15) is 44.5 Å². The van der Waals surface area contributed by atoms with Gasteiger partial charge in [-0.05, 0) is 115 Å². The lowest BCUT2D eigenvalue weighted by Crippen LogP contribution is -2.03. The zero-order valence-electron chi connectivity index (χ0n) is 33.0. The summed E-state index contributed by atoms with van der Waals surface area (Å²) in [5.74, 6) is 0.324. The summed E-state index contributed by atoms with van der Waals surface area (Å²) in [5.41, 5.74) is 12.3. The smallest absolute Gasteiger partial charge is 0.124 e. The maximum atomic E-state index is 11.9. The Kier molecular flexibility index (Phi) is 10.9. The van der Waals surface area contributed by atoms with E-state index in [1.807, 2.05) is 170 Å². The predicted molar refractivity (Wildman–Crippen MR) is 237 cm³/mol. The Morgan fingerprint density at radius 2 is 0.450 bits per heavy atom. The number of fused-ring (bicyclic) bond motifs is 8. The van der Waals surface area contributed by atoms with Crippen LogP contribution in [0, 0.1) is 0 Å². The molecule has 0 saturated heterocycles. The van der Waals surface area contributed by atoms with E-state index in [1.165, 1.54) is 0 Å². The van der Waals surface area contributed by atoms with Gasteiger partial charge in [-0.3, -0.25) is 0 Å². The molecule has 0 saturated carbocycles. The Morgan fingerprint density at radius 1 is 0.250 bits per heavy atom. The van der Waals surface area contributed by atoms with E-state index in [1.54, 1.807) is 0 Å². The van der Waals surface area contributed by atoms with Crippen LogP contribution in [0.5, 0.6) is 23.0 Å². The highest BCUT2D eigenvalue weighted by atomic mass is 16.5. The van der Waals surface area contributed by atoms with Gasteiger partial charge in [0.25, 0.3) is 0 Å². The van der Waals surface area contributed by atoms with Crippen molar-refractivity contribution in [2.24, 2.45) is 0 Å². The highest BCUT2D eigenvalue weighted by molar-refractivity contribution is 5.72. The standard InChI is InChI=1S/C54H44O6/c55-51-43-21-39(35-13-5-1-6-14-35)25-47(51)31-59-32-48-27-41(37-17-9-3-10-18-37)23-45(53(48)57)30-46-24-42(38-19-11-4-12-20-38)28-50(54(46)58)34-60-33-49-26-40(22-44(29-43)52(49)56)36-15-7-2-8-16-36/h1-28,55-58H,29-34H2. The van der Waals surface area contributed by atoms with Gasteiger partial charge in [0.2, 0.25) is 0 Å². The average molecular weight is 789 g/mol. The summed E-state index contributed by atoms with van der Waals surface area (Å²) in [4.78, 5) is 0. The quantitative estimate of drug-likeness (QED) is 0.142. The van der Waals surface area contributed by atoms with Crippen molar-refractivity contribution >= 4 is 0 Å². The minimum absolute atomic E-state index is 0.0578. The molecule has 0 spiro atoms. The predicted octanol–water partition coefficient (Wildman–Crippen LogP) is 12.1. The molecule has 4 N–H and O–H groups in total. The summed E-state index contributed by atoms with van der Waals surface area (Å²) in [7, 11) is 0. The van der Waals surface area contributed by atoms with Gasteiger partial charge < -0.3 is 29.9 Å². The van der Waals surface area contributed by atoms with Crippen LogP contribution < -0.4 is 0 Å². The van der Waals surface area contributed by atoms with Gasteiger partial charge >= 0.3 is 0 Å². The molecule has 6 nitrogen and oxygen atoms in total. The van der Waals surface area contributed by atoms with E-state index >= 15 is 0 Å². The van der Waals surface area contributed by atoms with E-state index in [9.17, 15) is 20.4 Å². The lowest BCUT2D eigenvalue weighted by molar-refractivity contribution is 0.103. The van der Waals surface area contributed by atoms with Crippen LogP contribution in [-0.2, 0) is 48.7 Å². The van der Waals surface area contributed by atoms with Gasteiger partial charge in [-0.1, -0.05) is 121 Å². The first kappa shape index (κ1) is 38.4. The van der Waals surface area contributed by atoms with E-state index in [2.05, 4.69) is 0 Å². The van der Waals surface area contributed by atoms with Crippen molar-refractivity contribution in [2.75, 3.05) is 0 Å². The van der Waals surface area contributed by atoms with Crippen LogP contribution in [0.25, 0.3) is 44.5 Å².